The van der Waals surface area contributed by atoms with Crippen LogP contribution >= 0.6 is 11.6 Å². The maximum absolute atomic E-state index is 6.54. The number of hydrogen-bond acceptors (Lipinski definition) is 5. The molecule has 30 heavy (non-hydrogen) atoms. The molecule has 0 saturated carbocycles. The highest BCUT2D eigenvalue weighted by Gasteiger charge is 2.24. The van der Waals surface area contributed by atoms with Gasteiger partial charge in [-0.3, -0.25) is 14.8 Å². The highest BCUT2D eigenvalue weighted by atomic mass is 35.5. The van der Waals surface area contributed by atoms with E-state index in [1.54, 1.807) is 0 Å². The summed E-state index contributed by atoms with van der Waals surface area (Å²) in [6.07, 6.45) is 1.09. The molecule has 2 saturated heterocycles. The molecule has 2 aliphatic rings. The third-order valence-corrected chi connectivity index (χ3v) is 5.91. The second-order valence-electron chi connectivity index (χ2n) is 7.64. The molecule has 1 aromatic rings. The van der Waals surface area contributed by atoms with Gasteiger partial charge in [0.2, 0.25) is 0 Å². The van der Waals surface area contributed by atoms with Crippen molar-refractivity contribution in [3.05, 3.63) is 34.9 Å². The van der Waals surface area contributed by atoms with Crippen molar-refractivity contribution in [2.24, 2.45) is 4.99 Å². The van der Waals surface area contributed by atoms with Crippen LogP contribution in [0.2, 0.25) is 5.02 Å². The van der Waals surface area contributed by atoms with E-state index in [2.05, 4.69) is 33.4 Å². The molecule has 0 radical (unpaired) electrons. The van der Waals surface area contributed by atoms with Gasteiger partial charge in [-0.15, -0.1) is 0 Å². The zero-order chi connectivity index (χ0) is 21.0. The number of ether oxygens (including phenoxy) is 2. The van der Waals surface area contributed by atoms with Crippen molar-refractivity contribution in [2.45, 2.75) is 19.4 Å². The molecule has 0 spiro atoms. The van der Waals surface area contributed by atoms with Crippen LogP contribution in [-0.4, -0.2) is 94.5 Å². The second-order valence-corrected chi connectivity index (χ2v) is 8.05. The van der Waals surface area contributed by atoms with Gasteiger partial charge in [-0.1, -0.05) is 29.8 Å². The summed E-state index contributed by atoms with van der Waals surface area (Å²) in [5.41, 5.74) is 1.13. The molecule has 2 aliphatic heterocycles. The van der Waals surface area contributed by atoms with E-state index in [4.69, 9.17) is 26.1 Å². The van der Waals surface area contributed by atoms with Crippen LogP contribution in [0.25, 0.3) is 0 Å². The molecule has 7 nitrogen and oxygen atoms in total. The minimum absolute atomic E-state index is 0.145. The van der Waals surface area contributed by atoms with E-state index in [1.165, 1.54) is 0 Å². The summed E-state index contributed by atoms with van der Waals surface area (Å²) < 4.78 is 11.0. The SMILES string of the molecule is CCNC(=NCC(c1ccccc1Cl)N1CCOCC1)NCCCN1CCOCC1. The largest absolute Gasteiger partial charge is 0.379 e. The number of halogens is 1. The highest BCUT2D eigenvalue weighted by Crippen LogP contribution is 2.28. The van der Waals surface area contributed by atoms with Gasteiger partial charge in [0.1, 0.15) is 0 Å². The number of guanidine groups is 1. The van der Waals surface area contributed by atoms with Gasteiger partial charge in [0, 0.05) is 44.3 Å². The molecule has 0 amide bonds. The van der Waals surface area contributed by atoms with Crippen LogP contribution in [0.1, 0.15) is 24.9 Å². The van der Waals surface area contributed by atoms with Crippen LogP contribution in [0.4, 0.5) is 0 Å². The highest BCUT2D eigenvalue weighted by molar-refractivity contribution is 6.31. The molecule has 1 atom stereocenters. The van der Waals surface area contributed by atoms with E-state index in [9.17, 15) is 0 Å². The molecule has 3 rings (SSSR count). The number of benzene rings is 1. The first-order chi connectivity index (χ1) is 14.8. The third kappa shape index (κ3) is 7.39. The summed E-state index contributed by atoms with van der Waals surface area (Å²) in [4.78, 5) is 9.80. The van der Waals surface area contributed by atoms with Gasteiger partial charge in [0.05, 0.1) is 39.0 Å². The Morgan fingerprint density at radius 2 is 1.77 bits per heavy atom. The summed E-state index contributed by atoms with van der Waals surface area (Å²) in [5.74, 6) is 0.866. The molecule has 168 valence electrons. The molecule has 1 aromatic carbocycles. The van der Waals surface area contributed by atoms with E-state index in [0.29, 0.717) is 6.54 Å². The lowest BCUT2D eigenvalue weighted by Crippen LogP contribution is -2.42. The Hall–Kier alpha value is -1.38. The standard InChI is InChI=1S/C22H36ClN5O2/c1-2-24-22(25-8-5-9-27-10-14-29-15-11-27)26-18-21(28-12-16-30-17-13-28)19-6-3-4-7-20(19)23/h3-4,6-7,21H,2,5,8-18H2,1H3,(H2,24,25,26). The van der Waals surface area contributed by atoms with Crippen LogP contribution in [0.5, 0.6) is 0 Å². The van der Waals surface area contributed by atoms with Crippen molar-refractivity contribution in [2.75, 3.05) is 78.8 Å². The first kappa shape index (κ1) is 23.3. The van der Waals surface area contributed by atoms with Crippen molar-refractivity contribution in [3.8, 4) is 0 Å². The molecule has 0 bridgehead atoms. The van der Waals surface area contributed by atoms with Crippen molar-refractivity contribution in [1.82, 2.24) is 20.4 Å². The van der Waals surface area contributed by atoms with Crippen LogP contribution in [0, 0.1) is 0 Å². The fourth-order valence-corrected chi connectivity index (χ4v) is 4.16. The number of hydrogen-bond donors (Lipinski definition) is 2. The van der Waals surface area contributed by atoms with E-state index in [-0.39, 0.29) is 6.04 Å². The first-order valence-electron chi connectivity index (χ1n) is 11.2. The van der Waals surface area contributed by atoms with E-state index in [1.807, 2.05) is 18.2 Å². The molecule has 1 unspecified atom stereocenters. The summed E-state index contributed by atoms with van der Waals surface area (Å²) in [6.45, 7) is 12.7. The lowest BCUT2D eigenvalue weighted by Gasteiger charge is -2.34. The zero-order valence-corrected chi connectivity index (χ0v) is 18.9. The molecule has 0 aromatic heterocycles. The Labute approximate surface area is 185 Å². The number of nitrogens with zero attached hydrogens (tertiary/aromatic N) is 3. The average molecular weight is 438 g/mol. The molecular weight excluding hydrogens is 402 g/mol. The van der Waals surface area contributed by atoms with Gasteiger partial charge in [0.15, 0.2) is 5.96 Å². The smallest absolute Gasteiger partial charge is 0.191 e. The summed E-state index contributed by atoms with van der Waals surface area (Å²) in [5, 5.41) is 7.66. The maximum Gasteiger partial charge on any atom is 0.191 e. The Balaban J connectivity index is 1.58. The lowest BCUT2D eigenvalue weighted by molar-refractivity contribution is 0.0180. The van der Waals surface area contributed by atoms with Crippen LogP contribution in [0.3, 0.4) is 0 Å². The van der Waals surface area contributed by atoms with Crippen molar-refractivity contribution in [3.63, 3.8) is 0 Å². The summed E-state index contributed by atoms with van der Waals surface area (Å²) >= 11 is 6.54. The van der Waals surface area contributed by atoms with Gasteiger partial charge in [-0.2, -0.15) is 0 Å². The number of rotatable bonds is 9. The molecular formula is C22H36ClN5O2. The number of morpholine rings is 2. The zero-order valence-electron chi connectivity index (χ0n) is 18.1. The van der Waals surface area contributed by atoms with Crippen molar-refractivity contribution < 1.29 is 9.47 Å². The molecule has 2 N–H and O–H groups in total. The summed E-state index contributed by atoms with van der Waals surface area (Å²) in [6, 6.07) is 8.24. The first-order valence-corrected chi connectivity index (χ1v) is 11.5. The Morgan fingerprint density at radius 3 is 2.47 bits per heavy atom. The number of nitrogens with one attached hydrogen (secondary N) is 2. The van der Waals surface area contributed by atoms with Gasteiger partial charge >= 0.3 is 0 Å². The second kappa shape index (κ2) is 13.1. The summed E-state index contributed by atoms with van der Waals surface area (Å²) in [7, 11) is 0. The van der Waals surface area contributed by atoms with Crippen LogP contribution in [0.15, 0.2) is 29.3 Å². The number of aliphatic imine (C=N–C) groups is 1. The maximum atomic E-state index is 6.54. The van der Waals surface area contributed by atoms with Crippen LogP contribution < -0.4 is 10.6 Å². The molecule has 2 fully saturated rings. The third-order valence-electron chi connectivity index (χ3n) is 5.56. The molecule has 8 heteroatoms. The monoisotopic (exact) mass is 437 g/mol. The quantitative estimate of drug-likeness (QED) is 0.350. The van der Waals surface area contributed by atoms with Gasteiger partial charge in [-0.05, 0) is 31.5 Å². The fraction of sp³-hybridized carbons (Fsp3) is 0.682. The fourth-order valence-electron chi connectivity index (χ4n) is 3.90. The predicted octanol–water partition coefficient (Wildman–Crippen LogP) is 1.99. The molecule has 2 heterocycles. The normalized spacial score (nSPS) is 20.1. The Morgan fingerprint density at radius 1 is 1.07 bits per heavy atom. The van der Waals surface area contributed by atoms with E-state index >= 15 is 0 Å². The Kier molecular flexibility index (Phi) is 10.2. The minimum Gasteiger partial charge on any atom is -0.379 e. The Bertz CT molecular complexity index is 648. The predicted molar refractivity (Wildman–Crippen MR) is 122 cm³/mol. The van der Waals surface area contributed by atoms with Gasteiger partial charge < -0.3 is 20.1 Å². The average Bonchev–Trinajstić information content (AvgIpc) is 2.79. The molecule has 0 aliphatic carbocycles. The lowest BCUT2D eigenvalue weighted by atomic mass is 10.0. The topological polar surface area (TPSA) is 61.4 Å². The van der Waals surface area contributed by atoms with Gasteiger partial charge in [0.25, 0.3) is 0 Å². The van der Waals surface area contributed by atoms with Crippen molar-refractivity contribution in [1.29, 1.82) is 0 Å². The minimum atomic E-state index is 0.145. The van der Waals surface area contributed by atoms with E-state index < -0.39 is 0 Å². The van der Waals surface area contributed by atoms with E-state index in [0.717, 1.165) is 95.2 Å². The van der Waals surface area contributed by atoms with Crippen LogP contribution in [-0.2, 0) is 9.47 Å². The van der Waals surface area contributed by atoms with Gasteiger partial charge in [-0.25, -0.2) is 0 Å². The van der Waals surface area contributed by atoms with Crippen molar-refractivity contribution >= 4 is 17.6 Å².